The largest absolute Gasteiger partial charge is 0.379 e. The molecular weight excluding hydrogens is 698 g/mol. The number of benzene rings is 3. The van der Waals surface area contributed by atoms with Gasteiger partial charge < -0.3 is 19.1 Å². The van der Waals surface area contributed by atoms with E-state index in [0.29, 0.717) is 34.9 Å². The number of rotatable bonds is 8. The first kappa shape index (κ1) is 30.7. The average Bonchev–Trinajstić information content (AvgIpc) is 3.74. The normalized spacial score (nSPS) is 21.6. The van der Waals surface area contributed by atoms with Crippen molar-refractivity contribution in [3.63, 3.8) is 0 Å². The zero-order valence-electron chi connectivity index (χ0n) is 24.0. The summed E-state index contributed by atoms with van der Waals surface area (Å²) in [6, 6.07) is 18.6. The maximum Gasteiger partial charge on any atom is 0.257 e. The zero-order valence-corrected chi connectivity index (χ0v) is 26.9. The third kappa shape index (κ3) is 5.10. The van der Waals surface area contributed by atoms with E-state index in [2.05, 4.69) is 33.6 Å². The molecule has 0 bridgehead atoms. The van der Waals surface area contributed by atoms with Crippen molar-refractivity contribution in [1.82, 2.24) is 14.5 Å². The lowest BCUT2D eigenvalue weighted by molar-refractivity contribution is -0.148. The number of ether oxygens (including phenoxy) is 2. The van der Waals surface area contributed by atoms with Crippen LogP contribution in [0.25, 0.3) is 0 Å². The summed E-state index contributed by atoms with van der Waals surface area (Å²) in [5.41, 5.74) is -0.976. The predicted molar refractivity (Wildman–Crippen MR) is 170 cm³/mol. The molecule has 11 heteroatoms. The van der Waals surface area contributed by atoms with Crippen LogP contribution in [-0.2, 0) is 34.4 Å². The van der Waals surface area contributed by atoms with Crippen LogP contribution in [0.4, 0.5) is 4.39 Å². The highest BCUT2D eigenvalue weighted by atomic mass is 127. The molecule has 2 aliphatic rings. The number of carbonyl (C=O) groups excluding carboxylic acids is 1. The van der Waals surface area contributed by atoms with Gasteiger partial charge in [-0.05, 0) is 60.9 Å². The zero-order chi connectivity index (χ0) is 31.2. The Morgan fingerprint density at radius 3 is 2.59 bits per heavy atom. The van der Waals surface area contributed by atoms with E-state index in [4.69, 9.17) is 21.1 Å². The van der Waals surface area contributed by atoms with E-state index in [9.17, 15) is 15.2 Å². The molecular formula is C33H29ClFIN4O4. The van der Waals surface area contributed by atoms with Crippen LogP contribution in [0.3, 0.4) is 0 Å². The molecule has 0 aliphatic carbocycles. The summed E-state index contributed by atoms with van der Waals surface area (Å²) in [4.78, 5) is 20.5. The van der Waals surface area contributed by atoms with Crippen molar-refractivity contribution in [1.29, 1.82) is 5.26 Å². The van der Waals surface area contributed by atoms with Crippen LogP contribution in [0, 0.1) is 17.1 Å². The number of hydrogen-bond acceptors (Lipinski definition) is 6. The lowest BCUT2D eigenvalue weighted by Gasteiger charge is -2.41. The molecule has 1 amide bonds. The van der Waals surface area contributed by atoms with E-state index in [0.717, 1.165) is 5.56 Å². The second kappa shape index (κ2) is 11.9. The third-order valence-corrected chi connectivity index (χ3v) is 9.43. The van der Waals surface area contributed by atoms with Crippen molar-refractivity contribution < 1.29 is 23.8 Å². The minimum Gasteiger partial charge on any atom is -0.379 e. The molecule has 6 rings (SSSR count). The molecule has 2 aliphatic heterocycles. The lowest BCUT2D eigenvalue weighted by atomic mass is 9.84. The van der Waals surface area contributed by atoms with Gasteiger partial charge in [0.25, 0.3) is 5.91 Å². The summed E-state index contributed by atoms with van der Waals surface area (Å²) >= 11 is 8.36. The van der Waals surface area contributed by atoms with E-state index >= 15 is 4.39 Å². The summed E-state index contributed by atoms with van der Waals surface area (Å²) in [6.07, 6.45) is 3.39. The molecule has 3 aromatic carbocycles. The SMILES string of the molecule is CC(I)C(O)(c1cc(F)c2c(c1)C(=O)N(Cc1ccc(C#N)cc1)[C@@]2(O[C@H]1CCOC1)c1ccc(Cl)cc1)c1cn(C)cn1. The minimum atomic E-state index is -1.69. The molecule has 1 aromatic heterocycles. The van der Waals surface area contributed by atoms with Crippen LogP contribution in [0.15, 0.2) is 73.2 Å². The molecule has 2 unspecified atom stereocenters. The molecule has 8 nitrogen and oxygen atoms in total. The van der Waals surface area contributed by atoms with Crippen LogP contribution in [0.5, 0.6) is 0 Å². The van der Waals surface area contributed by atoms with E-state index in [1.54, 1.807) is 85.7 Å². The van der Waals surface area contributed by atoms with Crippen molar-refractivity contribution in [3.8, 4) is 6.07 Å². The number of aliphatic hydroxyl groups is 1. The Hall–Kier alpha value is -3.34. The first-order valence-electron chi connectivity index (χ1n) is 14.1. The summed E-state index contributed by atoms with van der Waals surface area (Å²) in [5, 5.41) is 21.9. The Balaban J connectivity index is 1.59. The number of imidazole rings is 1. The monoisotopic (exact) mass is 726 g/mol. The van der Waals surface area contributed by atoms with E-state index in [-0.39, 0.29) is 29.8 Å². The van der Waals surface area contributed by atoms with Crippen LogP contribution in [0.1, 0.15) is 57.2 Å². The van der Waals surface area contributed by atoms with Gasteiger partial charge in [-0.2, -0.15) is 5.26 Å². The van der Waals surface area contributed by atoms with Gasteiger partial charge in [0, 0.05) is 40.9 Å². The average molecular weight is 727 g/mol. The molecule has 0 saturated carbocycles. The van der Waals surface area contributed by atoms with Gasteiger partial charge >= 0.3 is 0 Å². The number of aryl methyl sites for hydroxylation is 1. The highest BCUT2D eigenvalue weighted by Crippen LogP contribution is 2.50. The molecule has 44 heavy (non-hydrogen) atoms. The fourth-order valence-corrected chi connectivity index (χ4v) is 6.82. The molecule has 1 fully saturated rings. The Morgan fingerprint density at radius 2 is 2.00 bits per heavy atom. The van der Waals surface area contributed by atoms with Crippen LogP contribution in [-0.4, -0.2) is 48.7 Å². The van der Waals surface area contributed by atoms with Crippen molar-refractivity contribution in [3.05, 3.63) is 123 Å². The van der Waals surface area contributed by atoms with Crippen LogP contribution >= 0.6 is 34.2 Å². The maximum absolute atomic E-state index is 16.9. The number of alkyl halides is 1. The first-order valence-corrected chi connectivity index (χ1v) is 15.7. The van der Waals surface area contributed by atoms with Gasteiger partial charge in [0.15, 0.2) is 0 Å². The number of halogens is 3. The van der Waals surface area contributed by atoms with Crippen LogP contribution in [0.2, 0.25) is 5.02 Å². The smallest absolute Gasteiger partial charge is 0.257 e. The molecule has 0 spiro atoms. The third-order valence-electron chi connectivity index (χ3n) is 8.28. The summed E-state index contributed by atoms with van der Waals surface area (Å²) in [7, 11) is 1.78. The van der Waals surface area contributed by atoms with Gasteiger partial charge in [-0.1, -0.05) is 58.5 Å². The minimum absolute atomic E-state index is 0.0530. The number of aromatic nitrogens is 2. The molecule has 4 aromatic rings. The highest BCUT2D eigenvalue weighted by molar-refractivity contribution is 14.1. The van der Waals surface area contributed by atoms with E-state index in [1.807, 2.05) is 0 Å². The lowest BCUT2D eigenvalue weighted by Crippen LogP contribution is -2.49. The molecule has 226 valence electrons. The maximum atomic E-state index is 16.9. The van der Waals surface area contributed by atoms with Gasteiger partial charge in [0.1, 0.15) is 11.4 Å². The van der Waals surface area contributed by atoms with E-state index < -0.39 is 33.1 Å². The molecule has 1 saturated heterocycles. The van der Waals surface area contributed by atoms with Gasteiger partial charge in [-0.25, -0.2) is 9.37 Å². The Labute approximate surface area is 273 Å². The number of amides is 1. The Morgan fingerprint density at radius 1 is 1.27 bits per heavy atom. The fourth-order valence-electron chi connectivity index (χ4n) is 6.02. The second-order valence-corrected chi connectivity index (χ2v) is 13.4. The fraction of sp³-hybridized carbons (Fsp3) is 0.303. The summed E-state index contributed by atoms with van der Waals surface area (Å²) < 4.78 is 30.6. The number of carbonyl (C=O) groups is 1. The quantitative estimate of drug-likeness (QED) is 0.182. The van der Waals surface area contributed by atoms with Gasteiger partial charge in [-0.15, -0.1) is 0 Å². The molecule has 4 atom stereocenters. The molecule has 1 N–H and O–H groups in total. The van der Waals surface area contributed by atoms with Gasteiger partial charge in [-0.3, -0.25) is 9.69 Å². The predicted octanol–water partition coefficient (Wildman–Crippen LogP) is 5.81. The van der Waals surface area contributed by atoms with Crippen molar-refractivity contribution in [2.24, 2.45) is 7.05 Å². The number of hydrogen-bond donors (Lipinski definition) is 1. The van der Waals surface area contributed by atoms with E-state index in [1.165, 1.54) is 11.0 Å². The standard InChI is InChI=1S/C33H29ClFIN4O4/c1-20(36)32(42,29-17-39(2)19-38-29)24-13-27-30(28(35)14-24)33(44-26-11-12-43-18-26,23-7-9-25(34)10-8-23)40(31(27)41)16-22-5-3-21(15-37)4-6-22/h3-10,13-14,17,19-20,26,42H,11-12,16,18H2,1-2H3/t20?,26-,32?,33+/m0/s1. The van der Waals surface area contributed by atoms with Crippen molar-refractivity contribution in [2.75, 3.05) is 13.2 Å². The Kier molecular flexibility index (Phi) is 8.28. The molecule has 0 radical (unpaired) electrons. The van der Waals surface area contributed by atoms with Crippen molar-refractivity contribution >= 4 is 40.1 Å². The van der Waals surface area contributed by atoms with Gasteiger partial charge in [0.2, 0.25) is 5.72 Å². The Bertz CT molecular complexity index is 1750. The van der Waals surface area contributed by atoms with Crippen LogP contribution < -0.4 is 0 Å². The number of nitriles is 1. The highest BCUT2D eigenvalue weighted by Gasteiger charge is 2.56. The number of nitrogens with zero attached hydrogens (tertiary/aromatic N) is 4. The first-order chi connectivity index (χ1) is 21.1. The summed E-state index contributed by atoms with van der Waals surface area (Å²) in [6.45, 7) is 2.62. The topological polar surface area (TPSA) is 101 Å². The van der Waals surface area contributed by atoms with Gasteiger partial charge in [0.05, 0.1) is 47.5 Å². The molecule has 3 heterocycles. The van der Waals surface area contributed by atoms with Crippen molar-refractivity contribution in [2.45, 2.75) is 41.2 Å². The summed E-state index contributed by atoms with van der Waals surface area (Å²) in [5.74, 6) is -1.17. The second-order valence-electron chi connectivity index (χ2n) is 11.1. The number of fused-ring (bicyclic) bond motifs is 1.